The molecule has 9 rings (SSSR count). The highest BCUT2D eigenvalue weighted by Gasteiger charge is 2.58. The fourth-order valence-electron chi connectivity index (χ4n) is 10.1. The van der Waals surface area contributed by atoms with Crippen LogP contribution < -0.4 is 24.4 Å². The van der Waals surface area contributed by atoms with E-state index in [1.54, 1.807) is 19.2 Å². The molecule has 4 bridgehead atoms. The van der Waals surface area contributed by atoms with Crippen LogP contribution in [0.25, 0.3) is 0 Å². The van der Waals surface area contributed by atoms with Gasteiger partial charge in [0.1, 0.15) is 26.7 Å². The van der Waals surface area contributed by atoms with Crippen LogP contribution in [0.3, 0.4) is 0 Å². The van der Waals surface area contributed by atoms with Crippen molar-refractivity contribution in [2.24, 2.45) is 23.2 Å². The number of carbonyl (C=O) groups excluding carboxylic acids is 2. The first-order chi connectivity index (χ1) is 26.0. The average Bonchev–Trinajstić information content (AvgIpc) is 3.80. The lowest BCUT2D eigenvalue weighted by Gasteiger charge is -2.48. The number of methoxy groups -OCH3 is 1. The predicted octanol–water partition coefficient (Wildman–Crippen LogP) is 5.36. The van der Waals surface area contributed by atoms with Crippen LogP contribution in [0.1, 0.15) is 76.8 Å². The summed E-state index contributed by atoms with van der Waals surface area (Å²) >= 11 is 7.21. The largest absolute Gasteiger partial charge is 0.490 e. The fourth-order valence-corrected chi connectivity index (χ4v) is 12.6. The summed E-state index contributed by atoms with van der Waals surface area (Å²) in [4.78, 5) is 30.3. The van der Waals surface area contributed by atoms with E-state index in [9.17, 15) is 18.4 Å². The maximum atomic E-state index is 14.9. The summed E-state index contributed by atoms with van der Waals surface area (Å²) in [5, 5.41) is 8.68. The molecule has 1 aromatic heterocycles. The van der Waals surface area contributed by atoms with Crippen LogP contribution in [-0.4, -0.2) is 86.0 Å². The first-order valence-electron chi connectivity index (χ1n) is 18.7. The molecule has 2 aliphatic carbocycles. The molecule has 54 heavy (non-hydrogen) atoms. The highest BCUT2D eigenvalue weighted by Crippen LogP contribution is 2.53. The van der Waals surface area contributed by atoms with E-state index in [-0.39, 0.29) is 46.2 Å². The number of ether oxygens (including phenoxy) is 3. The van der Waals surface area contributed by atoms with Gasteiger partial charge in [-0.1, -0.05) is 17.7 Å². The van der Waals surface area contributed by atoms with Crippen LogP contribution in [0.2, 0.25) is 5.02 Å². The van der Waals surface area contributed by atoms with E-state index < -0.39 is 32.7 Å². The van der Waals surface area contributed by atoms with Crippen molar-refractivity contribution in [1.29, 1.82) is 0 Å². The Morgan fingerprint density at radius 2 is 2.07 bits per heavy atom. The highest BCUT2D eigenvalue weighted by atomic mass is 35.5. The lowest BCUT2D eigenvalue weighted by Crippen LogP contribution is -2.58. The van der Waals surface area contributed by atoms with Crippen molar-refractivity contribution < 1.29 is 32.6 Å². The Morgan fingerprint density at radius 1 is 1.20 bits per heavy atom. The van der Waals surface area contributed by atoms with Crippen LogP contribution in [0.4, 0.5) is 5.69 Å². The van der Waals surface area contributed by atoms with Crippen molar-refractivity contribution in [3.8, 4) is 11.6 Å². The van der Waals surface area contributed by atoms with Crippen LogP contribution in [-0.2, 0) is 33.5 Å². The topological polar surface area (TPSA) is 157 Å². The number of hydrogen-bond acceptors (Lipinski definition) is 11. The van der Waals surface area contributed by atoms with E-state index >= 15 is 0 Å². The van der Waals surface area contributed by atoms with Crippen LogP contribution in [0.15, 0.2) is 47.0 Å². The Labute approximate surface area is 324 Å². The van der Waals surface area contributed by atoms with Gasteiger partial charge in [-0.2, -0.15) is 0 Å². The Bertz CT molecular complexity index is 2140. The van der Waals surface area contributed by atoms with E-state index in [4.69, 9.17) is 25.8 Å². The molecule has 0 radical (unpaired) electrons. The molecule has 8 atom stereocenters. The molecular formula is C38H45ClN6O7S2. The quantitative estimate of drug-likeness (QED) is 0.292. The standard InChI is InChI=1S/C38H45ClN6O7S2/c1-44-18-28(36(41-44)50-2)35(47)43-54(49)19-26-11-13-38(40-26)16-32(53-48)52-33(38)27-8-5-24(27)17-45-20-37(12-3-4-22-14-25(39)7-9-29(22)37)21-51-31-10-6-23(15-30(31)45)34(46)42-54/h6-7,9-10,14-15,18,24,26-27,32-33,40,48H,3-5,8,11-13,16-17,19-21H2,1-2H3,(H,42,43,46,47,49)/t24-,26-,27+,32?,33+,37-,38+,54?/m0/s1. The number of halogens is 1. The van der Waals surface area contributed by atoms with Gasteiger partial charge in [0.2, 0.25) is 5.88 Å². The van der Waals surface area contributed by atoms with E-state index in [0.717, 1.165) is 67.8 Å². The van der Waals surface area contributed by atoms with Gasteiger partial charge < -0.3 is 29.0 Å². The number of nitrogens with one attached hydrogen (secondary N) is 2. The van der Waals surface area contributed by atoms with Gasteiger partial charge in [0.05, 0.1) is 31.3 Å². The molecule has 2 saturated heterocycles. The normalized spacial score (nSPS) is 34.2. The summed E-state index contributed by atoms with van der Waals surface area (Å²) in [5.74, 6) is -0.244. The number of hydrogen-bond donors (Lipinski definition) is 3. The van der Waals surface area contributed by atoms with Gasteiger partial charge in [-0.25, -0.2) is 4.21 Å². The zero-order valence-corrected chi connectivity index (χ0v) is 32.7. The Hall–Kier alpha value is -3.34. The molecule has 2 unspecified atom stereocenters. The van der Waals surface area contributed by atoms with Gasteiger partial charge in [-0.15, -0.1) is 9.46 Å². The number of fused-ring (bicyclic) bond motifs is 6. The number of benzene rings is 2. The Kier molecular flexibility index (Phi) is 9.21. The molecule has 13 nitrogen and oxygen atoms in total. The third-order valence-electron chi connectivity index (χ3n) is 12.7. The van der Waals surface area contributed by atoms with Crippen molar-refractivity contribution in [1.82, 2.24) is 19.8 Å². The van der Waals surface area contributed by atoms with E-state index in [0.29, 0.717) is 37.7 Å². The molecule has 2 amide bonds. The molecule has 5 heterocycles. The van der Waals surface area contributed by atoms with E-state index in [1.165, 1.54) is 29.1 Å². The number of rotatable bonds is 4. The maximum Gasteiger partial charge on any atom is 0.286 e. The van der Waals surface area contributed by atoms with Crippen LogP contribution in [0, 0.1) is 11.8 Å². The molecule has 16 heteroatoms. The number of nitrogens with zero attached hydrogens (tertiary/aromatic N) is 4. The molecule has 288 valence electrons. The summed E-state index contributed by atoms with van der Waals surface area (Å²) in [6, 6.07) is 11.1. The number of amides is 2. The summed E-state index contributed by atoms with van der Waals surface area (Å²) in [6.07, 6.45) is 8.18. The molecule has 2 spiro atoms. The zero-order chi connectivity index (χ0) is 37.4. The van der Waals surface area contributed by atoms with Crippen LogP contribution >= 0.6 is 23.6 Å². The molecule has 3 fully saturated rings. The lowest BCUT2D eigenvalue weighted by molar-refractivity contribution is -0.0432. The third kappa shape index (κ3) is 6.28. The summed E-state index contributed by atoms with van der Waals surface area (Å²) in [6.45, 7) is 1.89. The minimum Gasteiger partial charge on any atom is -0.490 e. The molecule has 2 aromatic carbocycles. The maximum absolute atomic E-state index is 14.9. The number of aromatic nitrogens is 2. The SMILES string of the molecule is COc1nn(C)cc1C(=O)NS1(=O)=NC(=O)c2ccc3c(c2)N(C[C@@H]2CC[C@H]2[C@H]2OC(SO)C[C@]24CC[C@@H](C1)N4)C[C@@]1(CCCc2cc(Cl)ccc21)CO3. The van der Waals surface area contributed by atoms with Gasteiger partial charge in [-0.3, -0.25) is 19.0 Å². The van der Waals surface area contributed by atoms with Gasteiger partial charge in [-0.05, 0) is 98.2 Å². The second kappa shape index (κ2) is 13.7. The van der Waals surface area contributed by atoms with Gasteiger partial charge in [0, 0.05) is 72.4 Å². The van der Waals surface area contributed by atoms with Crippen molar-refractivity contribution in [3.05, 3.63) is 69.9 Å². The van der Waals surface area contributed by atoms with Crippen molar-refractivity contribution >= 4 is 51.1 Å². The molecule has 1 saturated carbocycles. The van der Waals surface area contributed by atoms with E-state index in [1.807, 2.05) is 12.1 Å². The predicted molar refractivity (Wildman–Crippen MR) is 206 cm³/mol. The van der Waals surface area contributed by atoms with Crippen molar-refractivity contribution in [2.75, 3.05) is 37.5 Å². The average molecular weight is 797 g/mol. The number of anilines is 1. The first-order valence-corrected chi connectivity index (χ1v) is 21.6. The molecule has 3 N–H and O–H groups in total. The van der Waals surface area contributed by atoms with Crippen molar-refractivity contribution in [2.45, 2.75) is 79.9 Å². The molecular weight excluding hydrogens is 752 g/mol. The minimum absolute atomic E-state index is 0.0697. The summed E-state index contributed by atoms with van der Waals surface area (Å²) < 4.78 is 52.2. The Morgan fingerprint density at radius 3 is 2.87 bits per heavy atom. The third-order valence-corrected chi connectivity index (χ3v) is 15.2. The monoisotopic (exact) mass is 796 g/mol. The van der Waals surface area contributed by atoms with Crippen molar-refractivity contribution in [3.63, 3.8) is 0 Å². The van der Waals surface area contributed by atoms with E-state index in [2.05, 4.69) is 36.5 Å². The second-order valence-corrected chi connectivity index (χ2v) is 19.2. The second-order valence-electron chi connectivity index (χ2n) is 16.0. The van der Waals surface area contributed by atoms with Gasteiger partial charge in [0.25, 0.3) is 11.8 Å². The number of aryl methyl sites for hydroxylation is 2. The zero-order valence-electron chi connectivity index (χ0n) is 30.3. The van der Waals surface area contributed by atoms with Crippen LogP contribution in [0.5, 0.6) is 11.6 Å². The smallest absolute Gasteiger partial charge is 0.286 e. The van der Waals surface area contributed by atoms with Gasteiger partial charge >= 0.3 is 0 Å². The summed E-state index contributed by atoms with van der Waals surface area (Å²) in [5.41, 5.74) is 2.45. The summed E-state index contributed by atoms with van der Waals surface area (Å²) in [7, 11) is -0.644. The molecule has 6 aliphatic rings. The minimum atomic E-state index is -3.70. The van der Waals surface area contributed by atoms with Gasteiger partial charge in [0.15, 0.2) is 0 Å². The fraction of sp³-hybridized carbons (Fsp3) is 0.553. The molecule has 3 aromatic rings. The first kappa shape index (κ1) is 36.3. The lowest BCUT2D eigenvalue weighted by atomic mass is 9.65. The highest BCUT2D eigenvalue weighted by molar-refractivity contribution is 7.94. The number of carbonyl (C=O) groups is 2. The Balaban J connectivity index is 1.15. The molecule has 4 aliphatic heterocycles.